The van der Waals surface area contributed by atoms with Crippen LogP contribution in [0.3, 0.4) is 0 Å². The average molecular weight is 793 g/mol. The molecule has 0 spiro atoms. The van der Waals surface area contributed by atoms with Gasteiger partial charge in [0.15, 0.2) is 6.10 Å². The molecule has 0 saturated carbocycles. The Bertz CT molecular complexity index is 870. The predicted molar refractivity (Wildman–Crippen MR) is 238 cm³/mol. The van der Waals surface area contributed by atoms with Crippen LogP contribution in [0, 0.1) is 17.8 Å². The van der Waals surface area contributed by atoms with Gasteiger partial charge in [-0.1, -0.05) is 228 Å². The highest BCUT2D eigenvalue weighted by Crippen LogP contribution is 2.18. The molecule has 0 aromatic rings. The third-order valence-electron chi connectivity index (χ3n) is 11.5. The molecule has 0 amide bonds. The van der Waals surface area contributed by atoms with Crippen LogP contribution in [0.1, 0.15) is 266 Å². The summed E-state index contributed by atoms with van der Waals surface area (Å²) in [5.41, 5.74) is 0. The van der Waals surface area contributed by atoms with Gasteiger partial charge in [0, 0.05) is 19.3 Å². The molecule has 0 N–H and O–H groups in total. The fourth-order valence-electron chi connectivity index (χ4n) is 7.38. The molecule has 6 heteroatoms. The van der Waals surface area contributed by atoms with Crippen molar-refractivity contribution in [3.63, 3.8) is 0 Å². The number of ether oxygens (including phenoxy) is 3. The highest BCUT2D eigenvalue weighted by Gasteiger charge is 2.19. The first kappa shape index (κ1) is 54.4. The van der Waals surface area contributed by atoms with E-state index in [0.717, 1.165) is 75.5 Å². The van der Waals surface area contributed by atoms with Crippen LogP contribution in [-0.2, 0) is 28.6 Å². The molecule has 332 valence electrons. The Morgan fingerprint density at radius 3 is 0.929 bits per heavy atom. The molecule has 2 atom stereocenters. The Morgan fingerprint density at radius 1 is 0.357 bits per heavy atom. The molecule has 56 heavy (non-hydrogen) atoms. The maximum absolute atomic E-state index is 12.7. The van der Waals surface area contributed by atoms with E-state index in [2.05, 4.69) is 41.5 Å². The van der Waals surface area contributed by atoms with Gasteiger partial charge in [0.1, 0.15) is 13.2 Å². The number of hydrogen-bond donors (Lipinski definition) is 0. The molecule has 0 heterocycles. The van der Waals surface area contributed by atoms with Gasteiger partial charge >= 0.3 is 17.9 Å². The Balaban J connectivity index is 4.25. The molecule has 0 rings (SSSR count). The fourth-order valence-corrected chi connectivity index (χ4v) is 7.38. The minimum absolute atomic E-state index is 0.0663. The summed E-state index contributed by atoms with van der Waals surface area (Å²) in [5, 5.41) is 0. The number of rotatable bonds is 43. The van der Waals surface area contributed by atoms with E-state index in [9.17, 15) is 14.4 Å². The largest absolute Gasteiger partial charge is 0.462 e. The number of hydrogen-bond acceptors (Lipinski definition) is 6. The Kier molecular flexibility index (Phi) is 40.4. The number of carbonyl (C=O) groups excluding carboxylic acids is 3. The lowest BCUT2D eigenvalue weighted by Crippen LogP contribution is -2.30. The van der Waals surface area contributed by atoms with Gasteiger partial charge in [-0.2, -0.15) is 0 Å². The van der Waals surface area contributed by atoms with Crippen molar-refractivity contribution in [3.8, 4) is 0 Å². The third kappa shape index (κ3) is 42.0. The molecule has 0 bridgehead atoms. The highest BCUT2D eigenvalue weighted by atomic mass is 16.6. The summed E-state index contributed by atoms with van der Waals surface area (Å²) in [6.07, 6.45) is 39.6. The van der Waals surface area contributed by atoms with E-state index in [0.29, 0.717) is 19.3 Å². The van der Waals surface area contributed by atoms with Gasteiger partial charge < -0.3 is 14.2 Å². The Morgan fingerprint density at radius 2 is 0.625 bits per heavy atom. The zero-order valence-electron chi connectivity index (χ0n) is 38.4. The zero-order chi connectivity index (χ0) is 41.3. The van der Waals surface area contributed by atoms with Crippen molar-refractivity contribution in [2.24, 2.45) is 17.8 Å². The molecule has 0 aliphatic rings. The maximum atomic E-state index is 12.7. The van der Waals surface area contributed by atoms with E-state index < -0.39 is 6.10 Å². The summed E-state index contributed by atoms with van der Waals surface area (Å²) in [6, 6.07) is 0. The minimum Gasteiger partial charge on any atom is -0.462 e. The van der Waals surface area contributed by atoms with Gasteiger partial charge in [0.2, 0.25) is 0 Å². The SMILES string of the molecule is CCC(C)CCCCCCCCC(=O)OC[C@@H](COC(=O)CCCCCCCCCCCCCCCCCC(C)C)OC(=O)CCCCCCCCCC(C)C. The zero-order valence-corrected chi connectivity index (χ0v) is 38.4. The summed E-state index contributed by atoms with van der Waals surface area (Å²) in [7, 11) is 0. The van der Waals surface area contributed by atoms with E-state index >= 15 is 0 Å². The Labute approximate surface area is 348 Å². The summed E-state index contributed by atoms with van der Waals surface area (Å²) in [5.74, 6) is 1.58. The van der Waals surface area contributed by atoms with Crippen molar-refractivity contribution in [1.29, 1.82) is 0 Å². The lowest BCUT2D eigenvalue weighted by atomic mass is 10.00. The van der Waals surface area contributed by atoms with Crippen LogP contribution in [-0.4, -0.2) is 37.2 Å². The van der Waals surface area contributed by atoms with Crippen LogP contribution in [0.5, 0.6) is 0 Å². The molecular weight excluding hydrogens is 697 g/mol. The second kappa shape index (κ2) is 41.6. The van der Waals surface area contributed by atoms with E-state index in [1.54, 1.807) is 0 Å². The highest BCUT2D eigenvalue weighted by molar-refractivity contribution is 5.71. The first-order valence-electron chi connectivity index (χ1n) is 24.6. The van der Waals surface area contributed by atoms with E-state index in [1.807, 2.05) is 0 Å². The first-order valence-corrected chi connectivity index (χ1v) is 24.6. The van der Waals surface area contributed by atoms with Crippen molar-refractivity contribution in [3.05, 3.63) is 0 Å². The number of esters is 3. The van der Waals surface area contributed by atoms with Crippen molar-refractivity contribution >= 4 is 17.9 Å². The minimum atomic E-state index is -0.763. The Hall–Kier alpha value is -1.59. The number of unbranched alkanes of at least 4 members (excludes halogenated alkanes) is 25. The normalized spacial score (nSPS) is 12.6. The van der Waals surface area contributed by atoms with Gasteiger partial charge in [-0.3, -0.25) is 14.4 Å². The van der Waals surface area contributed by atoms with E-state index in [1.165, 1.54) is 148 Å². The quantitative estimate of drug-likeness (QED) is 0.0348. The van der Waals surface area contributed by atoms with Crippen molar-refractivity contribution in [1.82, 2.24) is 0 Å². The lowest BCUT2D eigenvalue weighted by Gasteiger charge is -2.18. The second-order valence-corrected chi connectivity index (χ2v) is 18.3. The third-order valence-corrected chi connectivity index (χ3v) is 11.5. The molecular formula is C50H96O6. The van der Waals surface area contributed by atoms with Crippen molar-refractivity contribution in [2.75, 3.05) is 13.2 Å². The second-order valence-electron chi connectivity index (χ2n) is 18.3. The summed E-state index contributed by atoms with van der Waals surface area (Å²) in [6.45, 7) is 13.6. The molecule has 0 saturated heterocycles. The molecule has 0 aromatic carbocycles. The molecule has 1 unspecified atom stereocenters. The molecule has 0 aliphatic heterocycles. The maximum Gasteiger partial charge on any atom is 0.306 e. The fraction of sp³-hybridized carbons (Fsp3) is 0.940. The van der Waals surface area contributed by atoms with E-state index in [-0.39, 0.29) is 31.1 Å². The summed E-state index contributed by atoms with van der Waals surface area (Å²) in [4.78, 5) is 37.8. The predicted octanol–water partition coefficient (Wildman–Crippen LogP) is 15.6. The van der Waals surface area contributed by atoms with Gasteiger partial charge in [-0.25, -0.2) is 0 Å². The van der Waals surface area contributed by atoms with E-state index in [4.69, 9.17) is 14.2 Å². The van der Waals surface area contributed by atoms with Crippen LogP contribution < -0.4 is 0 Å². The molecule has 0 aromatic heterocycles. The van der Waals surface area contributed by atoms with Gasteiger partial charge in [-0.05, 0) is 37.0 Å². The monoisotopic (exact) mass is 793 g/mol. The molecule has 0 aliphatic carbocycles. The van der Waals surface area contributed by atoms with Crippen LogP contribution in [0.4, 0.5) is 0 Å². The standard InChI is InChI=1S/C50H96O6/c1-7-46(6)38-32-26-22-23-28-34-40-49(52)55-43-47(56-50(53)41-35-29-21-17-19-25-31-37-45(4)5)42-54-48(51)39-33-27-20-16-14-12-10-8-9-11-13-15-18-24-30-36-44(2)3/h44-47H,7-43H2,1-6H3/t46?,47-/m1/s1. The summed E-state index contributed by atoms with van der Waals surface area (Å²) >= 11 is 0. The molecule has 0 fully saturated rings. The lowest BCUT2D eigenvalue weighted by molar-refractivity contribution is -0.167. The van der Waals surface area contributed by atoms with Crippen molar-refractivity contribution < 1.29 is 28.6 Å². The van der Waals surface area contributed by atoms with Gasteiger partial charge in [0.05, 0.1) is 0 Å². The first-order chi connectivity index (χ1) is 27.1. The topological polar surface area (TPSA) is 78.9 Å². The van der Waals surface area contributed by atoms with Crippen LogP contribution in [0.2, 0.25) is 0 Å². The van der Waals surface area contributed by atoms with Crippen LogP contribution in [0.25, 0.3) is 0 Å². The van der Waals surface area contributed by atoms with Gasteiger partial charge in [-0.15, -0.1) is 0 Å². The van der Waals surface area contributed by atoms with Crippen molar-refractivity contribution in [2.45, 2.75) is 272 Å². The molecule has 6 nitrogen and oxygen atoms in total. The van der Waals surface area contributed by atoms with Crippen LogP contribution in [0.15, 0.2) is 0 Å². The molecule has 0 radical (unpaired) electrons. The number of carbonyl (C=O) groups is 3. The van der Waals surface area contributed by atoms with Gasteiger partial charge in [0.25, 0.3) is 0 Å². The van der Waals surface area contributed by atoms with Crippen LogP contribution >= 0.6 is 0 Å². The smallest absolute Gasteiger partial charge is 0.306 e. The summed E-state index contributed by atoms with van der Waals surface area (Å²) < 4.78 is 16.7. The average Bonchev–Trinajstić information content (AvgIpc) is 3.16.